The second-order valence-electron chi connectivity index (χ2n) is 5.22. The van der Waals surface area contributed by atoms with Crippen molar-refractivity contribution in [2.24, 2.45) is 0 Å². The first-order chi connectivity index (χ1) is 10.5. The molecular formula is C17H23BrO4. The first-order valence-electron chi connectivity index (χ1n) is 7.57. The lowest BCUT2D eigenvalue weighted by Crippen LogP contribution is -2.15. The quantitative estimate of drug-likeness (QED) is 0.474. The van der Waals surface area contributed by atoms with E-state index >= 15 is 0 Å². The van der Waals surface area contributed by atoms with Crippen LogP contribution in [-0.4, -0.2) is 25.2 Å². The lowest BCUT2D eigenvalue weighted by atomic mass is 10.1. The highest BCUT2D eigenvalue weighted by Crippen LogP contribution is 2.18. The van der Waals surface area contributed by atoms with Gasteiger partial charge >= 0.3 is 11.9 Å². The van der Waals surface area contributed by atoms with Gasteiger partial charge in [0.1, 0.15) is 0 Å². The molecule has 0 heterocycles. The molecule has 0 aliphatic rings. The van der Waals surface area contributed by atoms with Crippen LogP contribution in [0, 0.1) is 0 Å². The number of benzene rings is 1. The Morgan fingerprint density at radius 2 is 1.82 bits per heavy atom. The summed E-state index contributed by atoms with van der Waals surface area (Å²) in [6.45, 7) is 1.91. The lowest BCUT2D eigenvalue weighted by molar-refractivity contribution is -0.140. The largest absolute Gasteiger partial charge is 0.469 e. The van der Waals surface area contributed by atoms with E-state index in [0.717, 1.165) is 36.6 Å². The van der Waals surface area contributed by atoms with Crippen LogP contribution in [0.15, 0.2) is 28.7 Å². The molecule has 0 fully saturated rings. The Hall–Kier alpha value is -1.36. The number of hydrogen-bond donors (Lipinski definition) is 0. The molecule has 0 aliphatic heterocycles. The van der Waals surface area contributed by atoms with Gasteiger partial charge in [0, 0.05) is 10.9 Å². The highest BCUT2D eigenvalue weighted by molar-refractivity contribution is 9.10. The molecule has 1 unspecified atom stereocenters. The van der Waals surface area contributed by atoms with Crippen molar-refractivity contribution in [3.05, 3.63) is 34.3 Å². The summed E-state index contributed by atoms with van der Waals surface area (Å²) in [5.41, 5.74) is 0.549. The van der Waals surface area contributed by atoms with Crippen LogP contribution in [0.25, 0.3) is 0 Å². The molecule has 1 atom stereocenters. The van der Waals surface area contributed by atoms with Crippen molar-refractivity contribution < 1.29 is 19.1 Å². The third kappa shape index (κ3) is 7.07. The Kier molecular flexibility index (Phi) is 8.82. The Morgan fingerprint density at radius 3 is 2.50 bits per heavy atom. The second kappa shape index (κ2) is 10.4. The van der Waals surface area contributed by atoms with Crippen molar-refractivity contribution in [1.29, 1.82) is 0 Å². The minimum Gasteiger partial charge on any atom is -0.469 e. The van der Waals surface area contributed by atoms with E-state index in [1.807, 2.05) is 25.1 Å². The minimum absolute atomic E-state index is 0.111. The third-order valence-electron chi connectivity index (χ3n) is 3.37. The highest BCUT2D eigenvalue weighted by atomic mass is 79.9. The predicted molar refractivity (Wildman–Crippen MR) is 88.7 cm³/mol. The van der Waals surface area contributed by atoms with Crippen LogP contribution >= 0.6 is 15.9 Å². The molecule has 4 nitrogen and oxygen atoms in total. The molecule has 0 N–H and O–H groups in total. The molecule has 0 aliphatic carbocycles. The summed E-state index contributed by atoms with van der Waals surface area (Å²) in [4.78, 5) is 23.0. The Balaban J connectivity index is 2.18. The molecule has 1 rings (SSSR count). The summed E-state index contributed by atoms with van der Waals surface area (Å²) in [5, 5.41) is 0. The van der Waals surface area contributed by atoms with Crippen LogP contribution in [0.4, 0.5) is 0 Å². The number of halogens is 1. The van der Waals surface area contributed by atoms with E-state index in [2.05, 4.69) is 20.7 Å². The maximum Gasteiger partial charge on any atom is 0.339 e. The molecule has 0 bridgehead atoms. The van der Waals surface area contributed by atoms with Gasteiger partial charge in [0.15, 0.2) is 0 Å². The average molecular weight is 371 g/mol. The fraction of sp³-hybridized carbons (Fsp3) is 0.529. The first-order valence-corrected chi connectivity index (χ1v) is 8.36. The number of ether oxygens (including phenoxy) is 2. The fourth-order valence-electron chi connectivity index (χ4n) is 2.09. The lowest BCUT2D eigenvalue weighted by Gasteiger charge is -2.13. The molecule has 0 saturated heterocycles. The number of unbranched alkanes of at least 4 members (excludes halogenated alkanes) is 3. The number of rotatable bonds is 9. The summed E-state index contributed by atoms with van der Waals surface area (Å²) < 4.78 is 10.8. The number of carbonyl (C=O) groups excluding carboxylic acids is 2. The van der Waals surface area contributed by atoms with E-state index in [1.165, 1.54) is 7.11 Å². The van der Waals surface area contributed by atoms with Crippen LogP contribution in [0.2, 0.25) is 0 Å². The van der Waals surface area contributed by atoms with E-state index in [1.54, 1.807) is 6.07 Å². The zero-order valence-corrected chi connectivity index (χ0v) is 14.7. The topological polar surface area (TPSA) is 52.6 Å². The standard InChI is InChI=1S/C17H23BrO4/c1-13(9-5-3-4-6-12-16(19)21-2)22-17(20)14-10-7-8-11-15(14)18/h7-8,10-11,13H,3-6,9,12H2,1-2H3. The van der Waals surface area contributed by atoms with Gasteiger partial charge in [-0.05, 0) is 54.2 Å². The predicted octanol–water partition coefficient (Wildman–Crippen LogP) is 4.51. The highest BCUT2D eigenvalue weighted by Gasteiger charge is 2.14. The number of hydrogen-bond acceptors (Lipinski definition) is 4. The van der Waals surface area contributed by atoms with Crippen molar-refractivity contribution >= 4 is 27.9 Å². The maximum atomic E-state index is 12.0. The molecule has 0 saturated carbocycles. The van der Waals surface area contributed by atoms with E-state index in [4.69, 9.17) is 4.74 Å². The van der Waals surface area contributed by atoms with Gasteiger partial charge in [-0.3, -0.25) is 4.79 Å². The molecule has 0 radical (unpaired) electrons. The molecule has 0 amide bonds. The van der Waals surface area contributed by atoms with Gasteiger partial charge in [-0.15, -0.1) is 0 Å². The summed E-state index contributed by atoms with van der Waals surface area (Å²) in [7, 11) is 1.41. The third-order valence-corrected chi connectivity index (χ3v) is 4.06. The van der Waals surface area contributed by atoms with Gasteiger partial charge < -0.3 is 9.47 Å². The normalized spacial score (nSPS) is 11.8. The molecular weight excluding hydrogens is 348 g/mol. The average Bonchev–Trinajstić information content (AvgIpc) is 2.50. The van der Waals surface area contributed by atoms with Crippen LogP contribution in [0.5, 0.6) is 0 Å². The van der Waals surface area contributed by atoms with E-state index in [9.17, 15) is 9.59 Å². The summed E-state index contributed by atoms with van der Waals surface area (Å²) in [5.74, 6) is -0.457. The molecule has 0 spiro atoms. The van der Waals surface area contributed by atoms with E-state index < -0.39 is 0 Å². The zero-order valence-electron chi connectivity index (χ0n) is 13.1. The fourth-order valence-corrected chi connectivity index (χ4v) is 2.54. The van der Waals surface area contributed by atoms with Crippen LogP contribution < -0.4 is 0 Å². The van der Waals surface area contributed by atoms with Crippen molar-refractivity contribution in [1.82, 2.24) is 0 Å². The summed E-state index contributed by atoms with van der Waals surface area (Å²) >= 11 is 3.35. The van der Waals surface area contributed by atoms with E-state index in [0.29, 0.717) is 12.0 Å². The smallest absolute Gasteiger partial charge is 0.339 e. The van der Waals surface area contributed by atoms with Gasteiger partial charge in [0.2, 0.25) is 0 Å². The van der Waals surface area contributed by atoms with Gasteiger partial charge in [0.25, 0.3) is 0 Å². The number of methoxy groups -OCH3 is 1. The molecule has 1 aromatic carbocycles. The molecule has 0 aromatic heterocycles. The maximum absolute atomic E-state index is 12.0. The van der Waals surface area contributed by atoms with Crippen LogP contribution in [0.1, 0.15) is 55.8 Å². The van der Waals surface area contributed by atoms with Crippen molar-refractivity contribution in [2.75, 3.05) is 7.11 Å². The summed E-state index contributed by atoms with van der Waals surface area (Å²) in [6, 6.07) is 7.24. The molecule has 22 heavy (non-hydrogen) atoms. The second-order valence-corrected chi connectivity index (χ2v) is 6.08. The van der Waals surface area contributed by atoms with E-state index in [-0.39, 0.29) is 18.0 Å². The van der Waals surface area contributed by atoms with Crippen molar-refractivity contribution in [3.8, 4) is 0 Å². The molecule has 1 aromatic rings. The summed E-state index contributed by atoms with van der Waals surface area (Å²) in [6.07, 6.45) is 5.02. The minimum atomic E-state index is -0.300. The van der Waals surface area contributed by atoms with Crippen molar-refractivity contribution in [3.63, 3.8) is 0 Å². The van der Waals surface area contributed by atoms with Gasteiger partial charge in [-0.1, -0.05) is 25.0 Å². The molecule has 5 heteroatoms. The monoisotopic (exact) mass is 370 g/mol. The zero-order chi connectivity index (χ0) is 16.4. The number of carbonyl (C=O) groups is 2. The Labute approximate surface area is 140 Å². The van der Waals surface area contributed by atoms with Crippen LogP contribution in [-0.2, 0) is 14.3 Å². The SMILES string of the molecule is COC(=O)CCCCCCC(C)OC(=O)c1ccccc1Br. The van der Waals surface area contributed by atoms with Crippen LogP contribution in [0.3, 0.4) is 0 Å². The molecule has 122 valence electrons. The Bertz CT molecular complexity index is 487. The Morgan fingerprint density at radius 1 is 1.14 bits per heavy atom. The first kappa shape index (κ1) is 18.7. The van der Waals surface area contributed by atoms with Gasteiger partial charge in [0.05, 0.1) is 18.8 Å². The van der Waals surface area contributed by atoms with Gasteiger partial charge in [-0.2, -0.15) is 0 Å². The van der Waals surface area contributed by atoms with Crippen molar-refractivity contribution in [2.45, 2.75) is 51.6 Å². The number of esters is 2. The van der Waals surface area contributed by atoms with Gasteiger partial charge in [-0.25, -0.2) is 4.79 Å².